The molecule has 1 aromatic heterocycles. The van der Waals surface area contributed by atoms with Crippen LogP contribution in [-0.4, -0.2) is 48.1 Å². The number of rotatable bonds is 1. The summed E-state index contributed by atoms with van der Waals surface area (Å²) in [4.78, 5) is 14.1. The minimum absolute atomic E-state index is 0.508. The lowest BCUT2D eigenvalue weighted by Crippen LogP contribution is -2.30. The lowest BCUT2D eigenvalue weighted by Gasteiger charge is -2.25. The molecule has 2 fully saturated rings. The van der Waals surface area contributed by atoms with E-state index >= 15 is 0 Å². The van der Waals surface area contributed by atoms with Crippen molar-refractivity contribution in [1.29, 1.82) is 0 Å². The molecule has 0 N–H and O–H groups in total. The van der Waals surface area contributed by atoms with Gasteiger partial charge in [0, 0.05) is 36.3 Å². The minimum atomic E-state index is 0.508. The zero-order chi connectivity index (χ0) is 13.6. The van der Waals surface area contributed by atoms with E-state index in [4.69, 9.17) is 4.98 Å². The standard InChI is InChI=1S/C15H24N4/c1-11-12(2)16-13(3)17-14(11)19-8-6-15(10-19)5-7-18(4)9-15/h5-10H2,1-4H3/t15-/m0/s1. The lowest BCUT2D eigenvalue weighted by atomic mass is 9.86. The Labute approximate surface area is 115 Å². The van der Waals surface area contributed by atoms with Crippen LogP contribution in [0.4, 0.5) is 5.82 Å². The summed E-state index contributed by atoms with van der Waals surface area (Å²) in [5, 5.41) is 0. The second-order valence-electron chi connectivity index (χ2n) is 6.46. The first-order valence-electron chi connectivity index (χ1n) is 7.24. The van der Waals surface area contributed by atoms with E-state index < -0.39 is 0 Å². The first-order valence-corrected chi connectivity index (χ1v) is 7.24. The topological polar surface area (TPSA) is 32.3 Å². The van der Waals surface area contributed by atoms with E-state index in [0.29, 0.717) is 5.41 Å². The highest BCUT2D eigenvalue weighted by Crippen LogP contribution is 2.40. The molecule has 0 unspecified atom stereocenters. The second-order valence-corrected chi connectivity index (χ2v) is 6.46. The van der Waals surface area contributed by atoms with Gasteiger partial charge in [-0.05, 0) is 47.2 Å². The van der Waals surface area contributed by atoms with Crippen LogP contribution in [0.2, 0.25) is 0 Å². The third-order valence-corrected chi connectivity index (χ3v) is 4.84. The van der Waals surface area contributed by atoms with Gasteiger partial charge in [0.15, 0.2) is 0 Å². The molecule has 4 nitrogen and oxygen atoms in total. The summed E-state index contributed by atoms with van der Waals surface area (Å²) in [6.45, 7) is 11.0. The summed E-state index contributed by atoms with van der Waals surface area (Å²) < 4.78 is 0. The quantitative estimate of drug-likeness (QED) is 0.772. The molecule has 0 aromatic carbocycles. The van der Waals surface area contributed by atoms with Crippen molar-refractivity contribution in [2.24, 2.45) is 5.41 Å². The zero-order valence-electron chi connectivity index (χ0n) is 12.5. The van der Waals surface area contributed by atoms with Crippen LogP contribution >= 0.6 is 0 Å². The van der Waals surface area contributed by atoms with Crippen LogP contribution in [-0.2, 0) is 0 Å². The maximum absolute atomic E-state index is 4.69. The van der Waals surface area contributed by atoms with Gasteiger partial charge in [0.05, 0.1) is 0 Å². The molecule has 104 valence electrons. The van der Waals surface area contributed by atoms with Gasteiger partial charge in [-0.1, -0.05) is 0 Å². The normalized spacial score (nSPS) is 27.7. The monoisotopic (exact) mass is 260 g/mol. The Kier molecular flexibility index (Phi) is 3.01. The Hall–Kier alpha value is -1.16. The summed E-state index contributed by atoms with van der Waals surface area (Å²) in [5.41, 5.74) is 2.87. The van der Waals surface area contributed by atoms with Crippen molar-refractivity contribution in [3.63, 3.8) is 0 Å². The van der Waals surface area contributed by atoms with E-state index in [1.807, 2.05) is 6.92 Å². The summed E-state index contributed by atoms with van der Waals surface area (Å²) in [7, 11) is 2.24. The van der Waals surface area contributed by atoms with E-state index in [0.717, 1.165) is 30.4 Å². The highest BCUT2D eigenvalue weighted by molar-refractivity contribution is 5.49. The average Bonchev–Trinajstić information content (AvgIpc) is 2.92. The smallest absolute Gasteiger partial charge is 0.135 e. The number of hydrogen-bond donors (Lipinski definition) is 0. The minimum Gasteiger partial charge on any atom is -0.356 e. The molecule has 0 amide bonds. The maximum Gasteiger partial charge on any atom is 0.135 e. The number of anilines is 1. The molecular weight excluding hydrogens is 236 g/mol. The van der Waals surface area contributed by atoms with Crippen molar-refractivity contribution >= 4 is 5.82 Å². The summed E-state index contributed by atoms with van der Waals surface area (Å²) in [5.74, 6) is 2.05. The highest BCUT2D eigenvalue weighted by Gasteiger charge is 2.43. The zero-order valence-corrected chi connectivity index (χ0v) is 12.5. The van der Waals surface area contributed by atoms with Gasteiger partial charge in [0.25, 0.3) is 0 Å². The van der Waals surface area contributed by atoms with Crippen molar-refractivity contribution < 1.29 is 0 Å². The van der Waals surface area contributed by atoms with Crippen LogP contribution in [0, 0.1) is 26.2 Å². The third-order valence-electron chi connectivity index (χ3n) is 4.84. The fourth-order valence-electron chi connectivity index (χ4n) is 3.67. The molecule has 0 saturated carbocycles. The van der Waals surface area contributed by atoms with Gasteiger partial charge < -0.3 is 9.80 Å². The Morgan fingerprint density at radius 3 is 2.42 bits per heavy atom. The molecule has 19 heavy (non-hydrogen) atoms. The van der Waals surface area contributed by atoms with Gasteiger partial charge >= 0.3 is 0 Å². The molecule has 2 aliphatic rings. The van der Waals surface area contributed by atoms with Gasteiger partial charge in [-0.2, -0.15) is 0 Å². The van der Waals surface area contributed by atoms with Crippen molar-refractivity contribution in [2.45, 2.75) is 33.6 Å². The van der Waals surface area contributed by atoms with Gasteiger partial charge in [0.2, 0.25) is 0 Å². The molecule has 2 saturated heterocycles. The first kappa shape index (κ1) is 12.9. The van der Waals surface area contributed by atoms with Crippen molar-refractivity contribution in [3.8, 4) is 0 Å². The average molecular weight is 260 g/mol. The van der Waals surface area contributed by atoms with Crippen molar-refractivity contribution in [3.05, 3.63) is 17.1 Å². The maximum atomic E-state index is 4.69. The van der Waals surface area contributed by atoms with E-state index in [-0.39, 0.29) is 0 Å². The predicted octanol–water partition coefficient (Wildman–Crippen LogP) is 1.93. The van der Waals surface area contributed by atoms with E-state index in [2.05, 4.69) is 35.7 Å². The second kappa shape index (κ2) is 4.44. The first-order chi connectivity index (χ1) is 8.99. The fourth-order valence-corrected chi connectivity index (χ4v) is 3.67. The van der Waals surface area contributed by atoms with E-state index in [1.165, 1.54) is 31.5 Å². The Morgan fingerprint density at radius 1 is 1.00 bits per heavy atom. The van der Waals surface area contributed by atoms with Crippen LogP contribution in [0.1, 0.15) is 29.9 Å². The molecular formula is C15H24N4. The molecule has 1 atom stereocenters. The molecule has 1 spiro atoms. The highest BCUT2D eigenvalue weighted by atomic mass is 15.2. The summed E-state index contributed by atoms with van der Waals surface area (Å²) >= 11 is 0. The fraction of sp³-hybridized carbons (Fsp3) is 0.733. The Bertz CT molecular complexity index is 499. The molecule has 1 aromatic rings. The molecule has 4 heteroatoms. The van der Waals surface area contributed by atoms with Gasteiger partial charge in [-0.3, -0.25) is 0 Å². The van der Waals surface area contributed by atoms with Gasteiger partial charge in [-0.25, -0.2) is 9.97 Å². The number of aromatic nitrogens is 2. The Balaban J connectivity index is 1.85. The summed E-state index contributed by atoms with van der Waals surface area (Å²) in [6, 6.07) is 0. The third kappa shape index (κ3) is 2.22. The van der Waals surface area contributed by atoms with Gasteiger partial charge in [-0.15, -0.1) is 0 Å². The number of aryl methyl sites for hydroxylation is 2. The Morgan fingerprint density at radius 2 is 1.74 bits per heavy atom. The predicted molar refractivity (Wildman–Crippen MR) is 77.6 cm³/mol. The van der Waals surface area contributed by atoms with Crippen molar-refractivity contribution in [2.75, 3.05) is 38.1 Å². The largest absolute Gasteiger partial charge is 0.356 e. The number of likely N-dealkylation sites (tertiary alicyclic amines) is 1. The molecule has 2 aliphatic heterocycles. The summed E-state index contributed by atoms with van der Waals surface area (Å²) in [6.07, 6.45) is 2.64. The van der Waals surface area contributed by atoms with Crippen LogP contribution in [0.3, 0.4) is 0 Å². The molecule has 3 heterocycles. The van der Waals surface area contributed by atoms with Crippen LogP contribution < -0.4 is 4.90 Å². The molecule has 0 radical (unpaired) electrons. The number of nitrogens with zero attached hydrogens (tertiary/aromatic N) is 4. The molecule has 0 aliphatic carbocycles. The van der Waals surface area contributed by atoms with E-state index in [9.17, 15) is 0 Å². The molecule has 0 bridgehead atoms. The lowest BCUT2D eigenvalue weighted by molar-refractivity contribution is 0.312. The SMILES string of the molecule is Cc1nc(C)c(C)c(N2CC[C@]3(CCN(C)C3)C2)n1. The van der Waals surface area contributed by atoms with Crippen molar-refractivity contribution in [1.82, 2.24) is 14.9 Å². The van der Waals surface area contributed by atoms with Gasteiger partial charge in [0.1, 0.15) is 11.6 Å². The van der Waals surface area contributed by atoms with E-state index in [1.54, 1.807) is 0 Å². The van der Waals surface area contributed by atoms with Crippen LogP contribution in [0.15, 0.2) is 0 Å². The van der Waals surface area contributed by atoms with Crippen LogP contribution in [0.25, 0.3) is 0 Å². The van der Waals surface area contributed by atoms with Crippen LogP contribution in [0.5, 0.6) is 0 Å². The molecule has 3 rings (SSSR count). The number of hydrogen-bond acceptors (Lipinski definition) is 4.